The van der Waals surface area contributed by atoms with E-state index >= 15 is 0 Å². The monoisotopic (exact) mass is 432 g/mol. The summed E-state index contributed by atoms with van der Waals surface area (Å²) in [4.78, 5) is 16.8. The number of amides is 1. The van der Waals surface area contributed by atoms with Crippen molar-refractivity contribution in [2.75, 3.05) is 40.0 Å². The van der Waals surface area contributed by atoms with Crippen molar-refractivity contribution in [2.24, 2.45) is 10.9 Å². The summed E-state index contributed by atoms with van der Waals surface area (Å²) in [6, 6.07) is 6.20. The topological polar surface area (TPSA) is 84.0 Å². The fourth-order valence-corrected chi connectivity index (χ4v) is 3.75. The number of carbonyl (C=O) groups excluding carboxylic acids is 1. The summed E-state index contributed by atoms with van der Waals surface area (Å²) < 4.78 is 11.0. The third-order valence-corrected chi connectivity index (χ3v) is 5.41. The molecule has 1 aromatic rings. The molecule has 0 bridgehead atoms. The summed E-state index contributed by atoms with van der Waals surface area (Å²) in [7, 11) is 1.70. The number of aryl methyl sites for hydroxylation is 1. The van der Waals surface area contributed by atoms with Crippen LogP contribution in [0, 0.1) is 12.8 Å². The van der Waals surface area contributed by atoms with Crippen molar-refractivity contribution in [2.45, 2.75) is 58.9 Å². The van der Waals surface area contributed by atoms with Crippen LogP contribution >= 0.6 is 0 Å². The third-order valence-electron chi connectivity index (χ3n) is 5.41. The third kappa shape index (κ3) is 10.0. The molecule has 31 heavy (non-hydrogen) atoms. The minimum atomic E-state index is 0.158. The molecule has 0 saturated heterocycles. The van der Waals surface area contributed by atoms with Crippen LogP contribution in [0.25, 0.3) is 0 Å². The Balaban J connectivity index is 1.81. The van der Waals surface area contributed by atoms with Gasteiger partial charge in [0.15, 0.2) is 5.96 Å². The molecule has 0 aromatic heterocycles. The smallest absolute Gasteiger partial charge is 0.220 e. The van der Waals surface area contributed by atoms with E-state index in [-0.39, 0.29) is 5.91 Å². The van der Waals surface area contributed by atoms with Crippen molar-refractivity contribution in [3.63, 3.8) is 0 Å². The van der Waals surface area contributed by atoms with Gasteiger partial charge in [0.1, 0.15) is 5.75 Å². The summed E-state index contributed by atoms with van der Waals surface area (Å²) in [6.45, 7) is 7.92. The van der Waals surface area contributed by atoms with Crippen molar-refractivity contribution >= 4 is 11.9 Å². The van der Waals surface area contributed by atoms with Gasteiger partial charge in [-0.05, 0) is 44.2 Å². The van der Waals surface area contributed by atoms with Crippen LogP contribution in [-0.4, -0.2) is 51.8 Å². The summed E-state index contributed by atoms with van der Waals surface area (Å²) in [5.41, 5.74) is 2.21. The first kappa shape index (κ1) is 25.0. The Kier molecular flexibility index (Phi) is 11.8. The number of nitrogens with zero attached hydrogens (tertiary/aromatic N) is 1. The highest BCUT2D eigenvalue weighted by Gasteiger charge is 2.17. The molecule has 174 valence electrons. The molecule has 1 fully saturated rings. The van der Waals surface area contributed by atoms with Gasteiger partial charge < -0.3 is 25.4 Å². The number of carbonyl (C=O) groups is 1. The predicted octanol–water partition coefficient (Wildman–Crippen LogP) is 3.16. The average molecular weight is 433 g/mol. The van der Waals surface area contributed by atoms with Crippen molar-refractivity contribution in [3.05, 3.63) is 29.3 Å². The van der Waals surface area contributed by atoms with E-state index in [4.69, 9.17) is 14.5 Å². The first-order valence-corrected chi connectivity index (χ1v) is 11.6. The van der Waals surface area contributed by atoms with E-state index in [0.29, 0.717) is 45.2 Å². The van der Waals surface area contributed by atoms with Gasteiger partial charge in [-0.3, -0.25) is 4.79 Å². The number of hydrogen-bond donors (Lipinski definition) is 3. The van der Waals surface area contributed by atoms with Crippen LogP contribution in [0.1, 0.15) is 56.6 Å². The second kappa shape index (κ2) is 14.7. The Morgan fingerprint density at radius 2 is 1.90 bits per heavy atom. The lowest BCUT2D eigenvalue weighted by Crippen LogP contribution is -2.41. The minimum absolute atomic E-state index is 0.158. The van der Waals surface area contributed by atoms with Gasteiger partial charge in [0.25, 0.3) is 0 Å². The molecule has 2 rings (SSSR count). The Hall–Kier alpha value is -2.28. The largest absolute Gasteiger partial charge is 0.493 e. The summed E-state index contributed by atoms with van der Waals surface area (Å²) in [6.07, 6.45) is 6.43. The second-order valence-corrected chi connectivity index (χ2v) is 8.13. The van der Waals surface area contributed by atoms with E-state index in [1.165, 1.54) is 25.7 Å². The maximum Gasteiger partial charge on any atom is 0.220 e. The highest BCUT2D eigenvalue weighted by atomic mass is 16.5. The fraction of sp³-hybridized carbons (Fsp3) is 0.667. The number of benzene rings is 1. The fourth-order valence-electron chi connectivity index (χ4n) is 3.75. The zero-order valence-corrected chi connectivity index (χ0v) is 19.5. The Labute approximate surface area is 187 Å². The van der Waals surface area contributed by atoms with E-state index in [1.54, 1.807) is 7.11 Å². The summed E-state index contributed by atoms with van der Waals surface area (Å²) >= 11 is 0. The van der Waals surface area contributed by atoms with E-state index in [0.717, 1.165) is 35.8 Å². The standard InChI is InChI=1S/C24H40N4O3/c1-4-25-24(27-13-12-26-23(29)17-20-8-5-6-9-20)28-18-21-11-10-19(2)16-22(21)31-15-7-14-30-3/h10-11,16,20H,4-9,12-15,17-18H2,1-3H3,(H,26,29)(H2,25,27,28). The average Bonchev–Trinajstić information content (AvgIpc) is 3.26. The molecular weight excluding hydrogens is 392 g/mol. The van der Waals surface area contributed by atoms with E-state index in [2.05, 4.69) is 41.1 Å². The van der Waals surface area contributed by atoms with Crippen LogP contribution in [0.2, 0.25) is 0 Å². The molecule has 1 amide bonds. The van der Waals surface area contributed by atoms with Crippen molar-refractivity contribution < 1.29 is 14.3 Å². The number of rotatable bonds is 13. The van der Waals surface area contributed by atoms with Crippen LogP contribution in [0.15, 0.2) is 23.2 Å². The molecule has 1 aliphatic rings. The molecular formula is C24H40N4O3. The first-order valence-electron chi connectivity index (χ1n) is 11.6. The van der Waals surface area contributed by atoms with E-state index in [1.807, 2.05) is 6.92 Å². The molecule has 1 aromatic carbocycles. The van der Waals surface area contributed by atoms with E-state index in [9.17, 15) is 4.79 Å². The zero-order chi connectivity index (χ0) is 22.3. The SMILES string of the molecule is CCNC(=NCc1ccc(C)cc1OCCCOC)NCCNC(=O)CC1CCCC1. The number of nitrogens with one attached hydrogen (secondary N) is 3. The Morgan fingerprint density at radius 1 is 1.13 bits per heavy atom. The van der Waals surface area contributed by atoms with Crippen LogP contribution in [0.3, 0.4) is 0 Å². The van der Waals surface area contributed by atoms with Crippen molar-refractivity contribution in [1.29, 1.82) is 0 Å². The number of aliphatic imine (C=N–C) groups is 1. The lowest BCUT2D eigenvalue weighted by atomic mass is 10.0. The number of ether oxygens (including phenoxy) is 2. The molecule has 0 unspecified atom stereocenters. The normalized spacial score (nSPS) is 14.5. The first-order chi connectivity index (χ1) is 15.1. The Morgan fingerprint density at radius 3 is 2.65 bits per heavy atom. The van der Waals surface area contributed by atoms with Crippen LogP contribution in [-0.2, 0) is 16.1 Å². The van der Waals surface area contributed by atoms with Gasteiger partial charge in [0.05, 0.1) is 13.2 Å². The van der Waals surface area contributed by atoms with Gasteiger partial charge in [-0.1, -0.05) is 25.0 Å². The predicted molar refractivity (Wildman–Crippen MR) is 126 cm³/mol. The van der Waals surface area contributed by atoms with Crippen molar-refractivity contribution in [1.82, 2.24) is 16.0 Å². The number of methoxy groups -OCH3 is 1. The molecule has 1 saturated carbocycles. The lowest BCUT2D eigenvalue weighted by molar-refractivity contribution is -0.121. The maximum absolute atomic E-state index is 12.1. The number of hydrogen-bond acceptors (Lipinski definition) is 4. The molecule has 7 heteroatoms. The van der Waals surface area contributed by atoms with Crippen LogP contribution < -0.4 is 20.7 Å². The van der Waals surface area contributed by atoms with E-state index < -0.39 is 0 Å². The Bertz CT molecular complexity index is 687. The van der Waals surface area contributed by atoms with Gasteiger partial charge in [-0.2, -0.15) is 0 Å². The molecule has 7 nitrogen and oxygen atoms in total. The van der Waals surface area contributed by atoms with Gasteiger partial charge >= 0.3 is 0 Å². The molecule has 0 radical (unpaired) electrons. The second-order valence-electron chi connectivity index (χ2n) is 8.13. The summed E-state index contributed by atoms with van der Waals surface area (Å²) in [5, 5.41) is 9.57. The molecule has 0 spiro atoms. The highest BCUT2D eigenvalue weighted by Crippen LogP contribution is 2.27. The minimum Gasteiger partial charge on any atom is -0.493 e. The van der Waals surface area contributed by atoms with Gasteiger partial charge in [-0.25, -0.2) is 4.99 Å². The number of guanidine groups is 1. The summed E-state index contributed by atoms with van der Waals surface area (Å²) in [5.74, 6) is 2.34. The molecule has 1 aliphatic carbocycles. The zero-order valence-electron chi connectivity index (χ0n) is 19.5. The quantitative estimate of drug-likeness (QED) is 0.253. The van der Waals surface area contributed by atoms with Crippen LogP contribution in [0.4, 0.5) is 0 Å². The lowest BCUT2D eigenvalue weighted by Gasteiger charge is -2.14. The molecule has 0 aliphatic heterocycles. The molecule has 3 N–H and O–H groups in total. The maximum atomic E-state index is 12.1. The highest BCUT2D eigenvalue weighted by molar-refractivity contribution is 5.80. The molecule has 0 atom stereocenters. The van der Waals surface area contributed by atoms with Gasteiger partial charge in [-0.15, -0.1) is 0 Å². The van der Waals surface area contributed by atoms with Crippen LogP contribution in [0.5, 0.6) is 5.75 Å². The van der Waals surface area contributed by atoms with Crippen molar-refractivity contribution in [3.8, 4) is 5.75 Å². The van der Waals surface area contributed by atoms with Gasteiger partial charge in [0.2, 0.25) is 5.91 Å². The molecule has 0 heterocycles. The van der Waals surface area contributed by atoms with Gasteiger partial charge in [0, 0.05) is 51.8 Å².